The van der Waals surface area contributed by atoms with Gasteiger partial charge in [-0.1, -0.05) is 0 Å². The van der Waals surface area contributed by atoms with Crippen LogP contribution < -0.4 is 0 Å². The van der Waals surface area contributed by atoms with Gasteiger partial charge in [0.1, 0.15) is 0 Å². The first-order valence-electron chi connectivity index (χ1n) is 1.36. The van der Waals surface area contributed by atoms with Crippen molar-refractivity contribution >= 4 is 51.2 Å². The van der Waals surface area contributed by atoms with Gasteiger partial charge in [-0.3, -0.25) is 0 Å². The van der Waals surface area contributed by atoms with E-state index >= 15 is 0 Å². The van der Waals surface area contributed by atoms with Gasteiger partial charge in [0.15, 0.2) is 13.4 Å². The Morgan fingerprint density at radius 2 is 0.778 bits per heavy atom. The second-order valence-corrected chi connectivity index (χ2v) is 0.665. The summed E-state index contributed by atoms with van der Waals surface area (Å²) in [5.41, 5.74) is 0. The quantitative estimate of drug-likeness (QED) is 0.196. The van der Waals surface area contributed by atoms with Crippen LogP contribution >= 0.6 is 0 Å². The van der Waals surface area contributed by atoms with E-state index in [9.17, 15) is 0 Å². The van der Waals surface area contributed by atoms with Crippen molar-refractivity contribution in [3.63, 3.8) is 0 Å². The molecule has 0 aromatic rings. The molecule has 48 valence electrons. The molecule has 0 unspecified atom stereocenters. The van der Waals surface area contributed by atoms with Crippen molar-refractivity contribution in [3.8, 4) is 0 Å². The van der Waals surface area contributed by atoms with Crippen molar-refractivity contribution < 1.29 is 9.80 Å². The molecule has 0 aliphatic carbocycles. The molecule has 0 radical (unpaired) electrons. The molecule has 0 amide bonds. The summed E-state index contributed by atoms with van der Waals surface area (Å²) in [5, 5.41) is 34.8. The van der Waals surface area contributed by atoms with Gasteiger partial charge in [0.05, 0.1) is 0 Å². The normalized spacial score (nSPS) is 5.33. The van der Waals surface area contributed by atoms with Gasteiger partial charge in [-0.05, 0) is 0 Å². The molecule has 0 aromatic heterocycles. The maximum absolute atomic E-state index is 8.69. The van der Waals surface area contributed by atoms with E-state index < -0.39 is 9.80 Å². The largest absolute Gasteiger partial charge is 2.00 e. The zero-order chi connectivity index (χ0) is 7.15. The summed E-state index contributed by atoms with van der Waals surface area (Å²) >= 11 is 0. The molecular formula is C2H4CaN2O4. The maximum Gasteiger partial charge on any atom is 2.00 e. The molecule has 9 heavy (non-hydrogen) atoms. The first-order chi connectivity index (χ1) is 3.46. The molecule has 0 N–H and O–H groups in total. The molecule has 0 bridgehead atoms. The molecule has 0 atom stereocenters. The molecule has 0 saturated carbocycles. The van der Waals surface area contributed by atoms with Crippen LogP contribution in [-0.4, -0.2) is 61.0 Å². The Kier molecular flexibility index (Phi) is 19.0. The maximum atomic E-state index is 8.69. The summed E-state index contributed by atoms with van der Waals surface area (Å²) in [6, 6.07) is 0. The van der Waals surface area contributed by atoms with Crippen LogP contribution in [0.5, 0.6) is 0 Å². The van der Waals surface area contributed by atoms with E-state index in [1.54, 1.807) is 0 Å². The summed E-state index contributed by atoms with van der Waals surface area (Å²) < 4.78 is 0. The molecule has 0 aliphatic heterocycles. The fourth-order valence-corrected chi connectivity index (χ4v) is 0. The Morgan fingerprint density at radius 3 is 0.778 bits per heavy atom. The summed E-state index contributed by atoms with van der Waals surface area (Å²) in [5.74, 6) is 0. The Morgan fingerprint density at radius 1 is 0.778 bits per heavy atom. The van der Waals surface area contributed by atoms with Gasteiger partial charge in [0.2, 0.25) is 0 Å². The number of hydrogen-bond donors (Lipinski definition) is 0. The van der Waals surface area contributed by atoms with Crippen molar-refractivity contribution in [2.45, 2.75) is 0 Å². The molecular weight excluding hydrogens is 156 g/mol. The van der Waals surface area contributed by atoms with E-state index in [0.29, 0.717) is 0 Å². The molecule has 6 nitrogen and oxygen atoms in total. The van der Waals surface area contributed by atoms with Gasteiger partial charge in [-0.25, -0.2) is 0 Å². The van der Waals surface area contributed by atoms with Crippen molar-refractivity contribution in [2.75, 3.05) is 0 Å². The van der Waals surface area contributed by atoms with Gasteiger partial charge in [0.25, 0.3) is 0 Å². The predicted octanol–water partition coefficient (Wildman–Crippen LogP) is -0.991. The fourth-order valence-electron chi connectivity index (χ4n) is 0. The van der Waals surface area contributed by atoms with Crippen LogP contribution in [-0.2, 0) is 0 Å². The second-order valence-electron chi connectivity index (χ2n) is 0.665. The summed E-state index contributed by atoms with van der Waals surface area (Å²) in [6.07, 6.45) is 0. The third kappa shape index (κ3) is 6540. The van der Waals surface area contributed by atoms with Crippen LogP contribution in [0, 0.1) is 20.8 Å². The molecule has 0 fully saturated rings. The van der Waals surface area contributed by atoms with E-state index in [-0.39, 0.29) is 37.7 Å². The van der Waals surface area contributed by atoms with Crippen LogP contribution in [0.1, 0.15) is 0 Å². The molecule has 7 heteroatoms. The van der Waals surface area contributed by atoms with Crippen LogP contribution in [0.2, 0.25) is 0 Å². The van der Waals surface area contributed by atoms with E-state index in [0.717, 1.165) is 0 Å². The molecule has 0 rings (SSSR count). The smallest absolute Gasteiger partial charge is 0.613 e. The fraction of sp³-hybridized carbons (Fsp3) is 0. The van der Waals surface area contributed by atoms with Crippen LogP contribution in [0.3, 0.4) is 0 Å². The first kappa shape index (κ1) is 15.9. The summed E-state index contributed by atoms with van der Waals surface area (Å²) in [4.78, 5) is -1.50. The Balaban J connectivity index is -0.0000000720. The zero-order valence-electron chi connectivity index (χ0n) is 4.65. The number of hydrogen-bond acceptors (Lipinski definition) is 4. The standard InChI is InChI=1S/2CH2NO2.Ca/c2*1-2(3)4;/h2*1H2;/q2*-1;+2. The SMILES string of the molecule is C=[N+]([O-])[O-].C=[N+]([O-])[O-].[Ca+2]. The number of rotatable bonds is 0. The minimum absolute atomic E-state index is 0. The van der Waals surface area contributed by atoms with Crippen LogP contribution in [0.25, 0.3) is 0 Å². The summed E-state index contributed by atoms with van der Waals surface area (Å²) in [7, 11) is 0. The number of nitrogens with zero attached hydrogens (tertiary/aromatic N) is 2. The molecule has 0 spiro atoms. The van der Waals surface area contributed by atoms with E-state index in [1.807, 2.05) is 0 Å². The van der Waals surface area contributed by atoms with Crippen LogP contribution in [0.4, 0.5) is 0 Å². The van der Waals surface area contributed by atoms with Gasteiger partial charge < -0.3 is 20.8 Å². The van der Waals surface area contributed by atoms with Crippen molar-refractivity contribution in [3.05, 3.63) is 20.8 Å². The molecule has 0 aliphatic rings. The minimum atomic E-state index is -0.750. The average molecular weight is 160 g/mol. The van der Waals surface area contributed by atoms with Crippen LogP contribution in [0.15, 0.2) is 0 Å². The predicted molar refractivity (Wildman–Crippen MR) is 34.0 cm³/mol. The van der Waals surface area contributed by atoms with E-state index in [1.165, 1.54) is 0 Å². The topological polar surface area (TPSA) is 98.3 Å². The molecule has 0 aromatic carbocycles. The monoisotopic (exact) mass is 160 g/mol. The van der Waals surface area contributed by atoms with Gasteiger partial charge in [0, 0.05) is 0 Å². The molecule has 0 saturated heterocycles. The Bertz CT molecular complexity index is 74.6. The molecule has 0 heterocycles. The second kappa shape index (κ2) is 10.7. The van der Waals surface area contributed by atoms with Gasteiger partial charge in [-0.15, -0.1) is 0 Å². The van der Waals surface area contributed by atoms with E-state index in [4.69, 9.17) is 20.8 Å². The Labute approximate surface area is 81.4 Å². The third-order valence-corrected chi connectivity index (χ3v) is 0. The van der Waals surface area contributed by atoms with Crippen molar-refractivity contribution in [2.24, 2.45) is 0 Å². The average Bonchev–Trinajstić information content (AvgIpc) is 1.25. The Hall–Kier alpha value is -0.200. The summed E-state index contributed by atoms with van der Waals surface area (Å²) in [6.45, 7) is 4.72. The first-order valence-corrected chi connectivity index (χ1v) is 1.36. The van der Waals surface area contributed by atoms with Gasteiger partial charge in [-0.2, -0.15) is 9.80 Å². The van der Waals surface area contributed by atoms with Crippen molar-refractivity contribution in [1.82, 2.24) is 0 Å². The third-order valence-electron chi connectivity index (χ3n) is 0. The van der Waals surface area contributed by atoms with E-state index in [2.05, 4.69) is 13.4 Å². The minimum Gasteiger partial charge on any atom is -0.613 e. The van der Waals surface area contributed by atoms with Gasteiger partial charge >= 0.3 is 37.7 Å². The zero-order valence-corrected chi connectivity index (χ0v) is 6.86. The van der Waals surface area contributed by atoms with Crippen molar-refractivity contribution in [1.29, 1.82) is 0 Å².